The minimum Gasteiger partial charge on any atom is -0.479 e. The molecule has 0 unspecified atom stereocenters. The van der Waals surface area contributed by atoms with E-state index in [1.54, 1.807) is 0 Å². The Morgan fingerprint density at radius 2 is 1.83 bits per heavy atom. The molecule has 0 aromatic heterocycles. The largest absolute Gasteiger partial charge is 0.479 e. The Morgan fingerprint density at radius 3 is 2.22 bits per heavy atom. The summed E-state index contributed by atoms with van der Waals surface area (Å²) < 4.78 is 0. The van der Waals surface area contributed by atoms with Gasteiger partial charge in [0.05, 0.1) is 13.2 Å². The van der Waals surface area contributed by atoms with E-state index in [0.717, 1.165) is 12.8 Å². The lowest BCUT2D eigenvalue weighted by Gasteiger charge is -2.30. The van der Waals surface area contributed by atoms with Crippen LogP contribution in [0.15, 0.2) is 0 Å². The quantitative estimate of drug-likeness (QED) is 0.477. The van der Waals surface area contributed by atoms with Gasteiger partial charge in [0.1, 0.15) is 0 Å². The Kier molecular flexibility index (Phi) is 8.06. The normalized spacial score (nSPS) is 12.3. The van der Waals surface area contributed by atoms with E-state index in [1.165, 1.54) is 4.90 Å². The third-order valence-electron chi connectivity index (χ3n) is 2.72. The molecule has 7 heteroatoms. The van der Waals surface area contributed by atoms with Gasteiger partial charge in [-0.3, -0.25) is 0 Å². The van der Waals surface area contributed by atoms with Gasteiger partial charge in [0.2, 0.25) is 0 Å². The van der Waals surface area contributed by atoms with Crippen molar-refractivity contribution in [1.29, 1.82) is 0 Å². The van der Waals surface area contributed by atoms with Crippen LogP contribution in [0, 0.1) is 0 Å². The Bertz CT molecular complexity index is 268. The molecule has 0 aliphatic heterocycles. The molecule has 0 aliphatic carbocycles. The zero-order valence-corrected chi connectivity index (χ0v) is 10.8. The van der Waals surface area contributed by atoms with Gasteiger partial charge in [0.15, 0.2) is 6.10 Å². The summed E-state index contributed by atoms with van der Waals surface area (Å²) in [7, 11) is 0. The third kappa shape index (κ3) is 5.33. The number of aliphatic carboxylic acids is 1. The fourth-order valence-electron chi connectivity index (χ4n) is 1.66. The van der Waals surface area contributed by atoms with E-state index in [9.17, 15) is 9.59 Å². The number of carboxylic acid groups (broad SMARTS) is 1. The van der Waals surface area contributed by atoms with Crippen molar-refractivity contribution >= 4 is 12.0 Å². The topological polar surface area (TPSA) is 110 Å². The zero-order chi connectivity index (χ0) is 14.1. The summed E-state index contributed by atoms with van der Waals surface area (Å²) in [6.45, 7) is 3.53. The molecule has 106 valence electrons. The van der Waals surface area contributed by atoms with E-state index in [-0.39, 0.29) is 25.7 Å². The first-order chi connectivity index (χ1) is 8.47. The van der Waals surface area contributed by atoms with Crippen molar-refractivity contribution in [1.82, 2.24) is 10.2 Å². The second-order valence-electron chi connectivity index (χ2n) is 3.93. The minimum atomic E-state index is -1.62. The number of carbonyl (C=O) groups excluding carboxylic acids is 1. The van der Waals surface area contributed by atoms with E-state index in [4.69, 9.17) is 15.3 Å². The van der Waals surface area contributed by atoms with Crippen LogP contribution in [0.2, 0.25) is 0 Å². The molecule has 0 rings (SSSR count). The lowest BCUT2D eigenvalue weighted by Crippen LogP contribution is -2.49. The van der Waals surface area contributed by atoms with Crippen LogP contribution in [0.1, 0.15) is 26.7 Å². The molecule has 18 heavy (non-hydrogen) atoms. The van der Waals surface area contributed by atoms with Crippen LogP contribution in [0.5, 0.6) is 0 Å². The third-order valence-corrected chi connectivity index (χ3v) is 2.72. The molecule has 2 amide bonds. The number of carboxylic acids is 1. The van der Waals surface area contributed by atoms with Gasteiger partial charge in [-0.25, -0.2) is 9.59 Å². The zero-order valence-electron chi connectivity index (χ0n) is 10.8. The van der Waals surface area contributed by atoms with Gasteiger partial charge in [-0.15, -0.1) is 0 Å². The van der Waals surface area contributed by atoms with Crippen LogP contribution in [-0.4, -0.2) is 64.1 Å². The molecule has 7 nitrogen and oxygen atoms in total. The molecule has 0 radical (unpaired) electrons. The number of amides is 2. The second kappa shape index (κ2) is 8.71. The van der Waals surface area contributed by atoms with Gasteiger partial charge in [-0.1, -0.05) is 13.8 Å². The van der Waals surface area contributed by atoms with Crippen LogP contribution in [0.25, 0.3) is 0 Å². The molecule has 0 aromatic rings. The highest BCUT2D eigenvalue weighted by molar-refractivity contribution is 5.77. The van der Waals surface area contributed by atoms with Crippen LogP contribution in [-0.2, 0) is 4.79 Å². The Hall–Kier alpha value is -1.34. The van der Waals surface area contributed by atoms with Crippen molar-refractivity contribution in [2.24, 2.45) is 0 Å². The maximum absolute atomic E-state index is 11.8. The van der Waals surface area contributed by atoms with Gasteiger partial charge in [0, 0.05) is 12.6 Å². The number of rotatable bonds is 8. The number of aliphatic hydroxyl groups is 2. The summed E-state index contributed by atoms with van der Waals surface area (Å²) in [5.41, 5.74) is 0. The number of carbonyl (C=O) groups is 2. The molecule has 0 heterocycles. The monoisotopic (exact) mass is 262 g/mol. The van der Waals surface area contributed by atoms with Crippen LogP contribution >= 0.6 is 0 Å². The van der Waals surface area contributed by atoms with E-state index >= 15 is 0 Å². The first-order valence-corrected chi connectivity index (χ1v) is 6.04. The Labute approximate surface area is 106 Å². The van der Waals surface area contributed by atoms with Crippen molar-refractivity contribution in [3.8, 4) is 0 Å². The maximum Gasteiger partial charge on any atom is 0.334 e. The molecule has 0 aliphatic rings. The summed E-state index contributed by atoms with van der Waals surface area (Å²) in [4.78, 5) is 23.7. The maximum atomic E-state index is 11.8. The smallest absolute Gasteiger partial charge is 0.334 e. The molecule has 0 aromatic carbocycles. The summed E-state index contributed by atoms with van der Waals surface area (Å²) in [5.74, 6) is -1.38. The summed E-state index contributed by atoms with van der Waals surface area (Å²) in [6, 6.07) is -0.489. The molecule has 4 N–H and O–H groups in total. The predicted octanol–water partition coefficient (Wildman–Crippen LogP) is -0.376. The Morgan fingerprint density at radius 1 is 1.28 bits per heavy atom. The Balaban J connectivity index is 4.42. The molecule has 0 spiro atoms. The molecule has 0 saturated heterocycles. The number of nitrogens with one attached hydrogen (secondary N) is 1. The number of hydrogen-bond donors (Lipinski definition) is 4. The van der Waals surface area contributed by atoms with E-state index < -0.39 is 18.1 Å². The van der Waals surface area contributed by atoms with E-state index in [2.05, 4.69) is 5.32 Å². The first-order valence-electron chi connectivity index (χ1n) is 6.04. The van der Waals surface area contributed by atoms with Crippen molar-refractivity contribution in [3.05, 3.63) is 0 Å². The molecule has 0 fully saturated rings. The summed E-state index contributed by atoms with van der Waals surface area (Å²) in [6.07, 6.45) is -0.136. The SMILES string of the molecule is CCC(CC)N(CCO)C(=O)NC[C@H](O)C(=O)O. The standard InChI is InChI=1S/C11H22N2O5/c1-3-8(4-2)13(5-6-14)11(18)12-7-9(15)10(16)17/h8-9,14-15H,3-7H2,1-2H3,(H,12,18)(H,16,17)/t9-/m0/s1. The first kappa shape index (κ1) is 16.7. The second-order valence-corrected chi connectivity index (χ2v) is 3.93. The van der Waals surface area contributed by atoms with E-state index in [1.807, 2.05) is 13.8 Å². The van der Waals surface area contributed by atoms with Gasteiger partial charge in [-0.05, 0) is 12.8 Å². The highest BCUT2D eigenvalue weighted by atomic mass is 16.4. The number of aliphatic hydroxyl groups excluding tert-OH is 2. The highest BCUT2D eigenvalue weighted by Crippen LogP contribution is 2.08. The summed E-state index contributed by atoms with van der Waals surface area (Å²) >= 11 is 0. The molecule has 0 bridgehead atoms. The van der Waals surface area contributed by atoms with Gasteiger partial charge in [0.25, 0.3) is 0 Å². The predicted molar refractivity (Wildman–Crippen MR) is 65.2 cm³/mol. The van der Waals surface area contributed by atoms with Crippen molar-refractivity contribution in [2.45, 2.75) is 38.8 Å². The molecular formula is C11H22N2O5. The molecular weight excluding hydrogens is 240 g/mol. The highest BCUT2D eigenvalue weighted by Gasteiger charge is 2.22. The van der Waals surface area contributed by atoms with Crippen molar-refractivity contribution in [3.63, 3.8) is 0 Å². The van der Waals surface area contributed by atoms with Crippen LogP contribution < -0.4 is 5.32 Å². The average molecular weight is 262 g/mol. The summed E-state index contributed by atoms with van der Waals surface area (Å²) in [5, 5.41) is 28.8. The van der Waals surface area contributed by atoms with Crippen LogP contribution in [0.3, 0.4) is 0 Å². The lowest BCUT2D eigenvalue weighted by atomic mass is 10.1. The van der Waals surface area contributed by atoms with Gasteiger partial charge >= 0.3 is 12.0 Å². The van der Waals surface area contributed by atoms with Gasteiger partial charge < -0.3 is 25.5 Å². The molecule has 1 atom stereocenters. The minimum absolute atomic E-state index is 0.0147. The number of nitrogens with zero attached hydrogens (tertiary/aromatic N) is 1. The lowest BCUT2D eigenvalue weighted by molar-refractivity contribution is -0.146. The van der Waals surface area contributed by atoms with Crippen molar-refractivity contribution in [2.75, 3.05) is 19.7 Å². The van der Waals surface area contributed by atoms with E-state index in [0.29, 0.717) is 0 Å². The average Bonchev–Trinajstić information content (AvgIpc) is 2.35. The number of urea groups is 1. The number of hydrogen-bond acceptors (Lipinski definition) is 4. The fraction of sp³-hybridized carbons (Fsp3) is 0.818. The van der Waals surface area contributed by atoms with Gasteiger partial charge in [-0.2, -0.15) is 0 Å². The van der Waals surface area contributed by atoms with Crippen molar-refractivity contribution < 1.29 is 24.9 Å². The fourth-order valence-corrected chi connectivity index (χ4v) is 1.66. The van der Waals surface area contributed by atoms with Crippen LogP contribution in [0.4, 0.5) is 4.79 Å². The molecule has 0 saturated carbocycles.